The van der Waals surface area contributed by atoms with Gasteiger partial charge in [0.25, 0.3) is 5.56 Å². The number of aromatic nitrogens is 4. The van der Waals surface area contributed by atoms with Crippen LogP contribution in [0, 0.1) is 0 Å². The first kappa shape index (κ1) is 22.7. The number of thioether (sulfide) groups is 1. The van der Waals surface area contributed by atoms with E-state index in [0.29, 0.717) is 42.0 Å². The van der Waals surface area contributed by atoms with Gasteiger partial charge in [0.15, 0.2) is 5.78 Å². The Morgan fingerprint density at radius 1 is 1.15 bits per heavy atom. The van der Waals surface area contributed by atoms with Gasteiger partial charge in [0.1, 0.15) is 0 Å². The number of carbonyl (C=O) groups is 2. The molecule has 170 valence electrons. The summed E-state index contributed by atoms with van der Waals surface area (Å²) in [6, 6.07) is 6.98. The molecular weight excluding hydrogens is 442 g/mol. The van der Waals surface area contributed by atoms with Gasteiger partial charge in [0, 0.05) is 53.5 Å². The Hall–Kier alpha value is -3.53. The molecular formula is C23H23N5O4S. The number of rotatable bonds is 8. The Morgan fingerprint density at radius 3 is 2.73 bits per heavy atom. The van der Waals surface area contributed by atoms with Crippen molar-refractivity contribution in [3.05, 3.63) is 80.5 Å². The van der Waals surface area contributed by atoms with Crippen molar-refractivity contribution >= 4 is 23.5 Å². The zero-order chi connectivity index (χ0) is 23.2. The lowest BCUT2D eigenvalue weighted by atomic mass is 10.1. The molecule has 2 N–H and O–H groups in total. The molecule has 0 spiro atoms. The van der Waals surface area contributed by atoms with Gasteiger partial charge in [-0.05, 0) is 18.6 Å². The summed E-state index contributed by atoms with van der Waals surface area (Å²) in [6.45, 7) is 0.238. The van der Waals surface area contributed by atoms with Crippen LogP contribution < -0.4 is 16.6 Å². The summed E-state index contributed by atoms with van der Waals surface area (Å²) in [5.41, 5.74) is 2.71. The first-order valence-corrected chi connectivity index (χ1v) is 11.8. The first-order valence-electron chi connectivity index (χ1n) is 10.6. The van der Waals surface area contributed by atoms with Crippen LogP contribution in [0.15, 0.2) is 52.4 Å². The molecule has 1 aromatic carbocycles. The third-order valence-electron chi connectivity index (χ3n) is 5.44. The van der Waals surface area contributed by atoms with Crippen molar-refractivity contribution in [1.29, 1.82) is 0 Å². The highest BCUT2D eigenvalue weighted by molar-refractivity contribution is 7.98. The fourth-order valence-electron chi connectivity index (χ4n) is 3.71. The van der Waals surface area contributed by atoms with E-state index < -0.39 is 5.69 Å². The normalized spacial score (nSPS) is 12.7. The van der Waals surface area contributed by atoms with E-state index in [9.17, 15) is 19.2 Å². The highest BCUT2D eigenvalue weighted by atomic mass is 32.2. The van der Waals surface area contributed by atoms with Crippen LogP contribution in [0.1, 0.15) is 34.5 Å². The number of nitrogens with one attached hydrogen (secondary N) is 2. The predicted octanol–water partition coefficient (Wildman–Crippen LogP) is 1.56. The van der Waals surface area contributed by atoms with Crippen LogP contribution >= 0.6 is 11.8 Å². The molecule has 3 heterocycles. The van der Waals surface area contributed by atoms with Crippen molar-refractivity contribution in [1.82, 2.24) is 24.8 Å². The van der Waals surface area contributed by atoms with Gasteiger partial charge in [-0.25, -0.2) is 4.79 Å². The summed E-state index contributed by atoms with van der Waals surface area (Å²) < 4.78 is 1.56. The molecule has 0 unspecified atom stereocenters. The minimum Gasteiger partial charge on any atom is -0.349 e. The summed E-state index contributed by atoms with van der Waals surface area (Å²) in [6.07, 6.45) is 6.11. The van der Waals surface area contributed by atoms with Gasteiger partial charge >= 0.3 is 5.69 Å². The van der Waals surface area contributed by atoms with Crippen molar-refractivity contribution in [2.45, 2.75) is 31.6 Å². The van der Waals surface area contributed by atoms with E-state index in [1.165, 1.54) is 0 Å². The maximum atomic E-state index is 12.4. The zero-order valence-corrected chi connectivity index (χ0v) is 18.7. The van der Waals surface area contributed by atoms with Gasteiger partial charge in [-0.3, -0.25) is 33.9 Å². The standard InChI is InChI=1S/C23H23N5O4S/c29-20(16-5-3-15(4-6-16)18-12-24-8-9-25-18)13-26-21(30)2-1-10-28-19-7-11-33-14-17(19)22(31)27-23(28)32/h3-6,8-9,12H,1-2,7,10-11,13-14H2,(H,26,30)(H,27,31,32). The molecule has 3 aromatic rings. The molecule has 1 aliphatic heterocycles. The monoisotopic (exact) mass is 465 g/mol. The van der Waals surface area contributed by atoms with Crippen LogP contribution in [0.2, 0.25) is 0 Å². The highest BCUT2D eigenvalue weighted by Gasteiger charge is 2.18. The molecule has 0 atom stereocenters. The van der Waals surface area contributed by atoms with E-state index in [0.717, 1.165) is 17.0 Å². The van der Waals surface area contributed by atoms with Crippen molar-refractivity contribution in [3.8, 4) is 11.3 Å². The minimum absolute atomic E-state index is 0.103. The summed E-state index contributed by atoms with van der Waals surface area (Å²) in [5, 5.41) is 2.64. The Morgan fingerprint density at radius 2 is 1.97 bits per heavy atom. The van der Waals surface area contributed by atoms with Gasteiger partial charge in [-0.15, -0.1) is 0 Å². The number of Topliss-reactive ketones (excluding diaryl/α,β-unsaturated/α-hetero) is 1. The average Bonchev–Trinajstić information content (AvgIpc) is 2.85. The Balaban J connectivity index is 1.28. The SMILES string of the molecule is O=C(CCCn1c2c(c(=O)[nH]c1=O)CSCC2)NCC(=O)c1ccc(-c2cnccn2)cc1. The fraction of sp³-hybridized carbons (Fsp3) is 0.304. The number of hydrogen-bond acceptors (Lipinski definition) is 7. The Kier molecular flexibility index (Phi) is 7.13. The molecule has 4 rings (SSSR count). The number of aromatic amines is 1. The Bertz CT molecular complexity index is 1270. The molecule has 1 amide bonds. The summed E-state index contributed by atoms with van der Waals surface area (Å²) in [7, 11) is 0. The number of H-pyrrole nitrogens is 1. The summed E-state index contributed by atoms with van der Waals surface area (Å²) >= 11 is 1.66. The number of amides is 1. The van der Waals surface area contributed by atoms with Crippen molar-refractivity contribution in [2.24, 2.45) is 0 Å². The number of nitrogens with zero attached hydrogens (tertiary/aromatic N) is 3. The van der Waals surface area contributed by atoms with E-state index in [1.807, 2.05) is 0 Å². The van der Waals surface area contributed by atoms with E-state index in [1.54, 1.807) is 59.2 Å². The first-order chi connectivity index (χ1) is 16.0. The second-order valence-electron chi connectivity index (χ2n) is 7.61. The lowest BCUT2D eigenvalue weighted by molar-refractivity contribution is -0.121. The van der Waals surface area contributed by atoms with Gasteiger partial charge < -0.3 is 5.32 Å². The minimum atomic E-state index is -0.439. The van der Waals surface area contributed by atoms with E-state index in [4.69, 9.17) is 0 Å². The second kappa shape index (κ2) is 10.4. The Labute approximate surface area is 193 Å². The van der Waals surface area contributed by atoms with E-state index in [-0.39, 0.29) is 30.2 Å². The van der Waals surface area contributed by atoms with Gasteiger partial charge in [-0.1, -0.05) is 24.3 Å². The second-order valence-corrected chi connectivity index (χ2v) is 8.72. The quantitative estimate of drug-likeness (QED) is 0.483. The smallest absolute Gasteiger partial charge is 0.328 e. The molecule has 0 fully saturated rings. The van der Waals surface area contributed by atoms with Gasteiger partial charge in [0.2, 0.25) is 5.91 Å². The van der Waals surface area contributed by atoms with Crippen molar-refractivity contribution in [2.75, 3.05) is 12.3 Å². The summed E-state index contributed by atoms with van der Waals surface area (Å²) in [4.78, 5) is 59.4. The third kappa shape index (κ3) is 5.46. The average molecular weight is 466 g/mol. The van der Waals surface area contributed by atoms with Crippen LogP contribution in [-0.4, -0.2) is 43.5 Å². The maximum Gasteiger partial charge on any atom is 0.328 e. The number of ketones is 1. The maximum absolute atomic E-state index is 12.4. The van der Waals surface area contributed by atoms with Gasteiger partial charge in [-0.2, -0.15) is 11.8 Å². The number of hydrogen-bond donors (Lipinski definition) is 2. The number of benzene rings is 1. The lowest BCUT2D eigenvalue weighted by Crippen LogP contribution is -2.37. The summed E-state index contributed by atoms with van der Waals surface area (Å²) in [5.74, 6) is 0.991. The molecule has 33 heavy (non-hydrogen) atoms. The third-order valence-corrected chi connectivity index (χ3v) is 6.43. The molecule has 1 aliphatic rings. The predicted molar refractivity (Wildman–Crippen MR) is 125 cm³/mol. The van der Waals surface area contributed by atoms with Crippen LogP contribution in [0.4, 0.5) is 0 Å². The van der Waals surface area contributed by atoms with Crippen molar-refractivity contribution < 1.29 is 9.59 Å². The number of fused-ring (bicyclic) bond motifs is 1. The molecule has 0 saturated heterocycles. The molecule has 2 aromatic heterocycles. The molecule has 9 nitrogen and oxygen atoms in total. The topological polar surface area (TPSA) is 127 Å². The molecule has 0 bridgehead atoms. The van der Waals surface area contributed by atoms with E-state index >= 15 is 0 Å². The van der Waals surface area contributed by atoms with Crippen LogP contribution in [0.3, 0.4) is 0 Å². The van der Waals surface area contributed by atoms with Crippen molar-refractivity contribution in [3.63, 3.8) is 0 Å². The van der Waals surface area contributed by atoms with Gasteiger partial charge in [0.05, 0.1) is 18.4 Å². The van der Waals surface area contributed by atoms with E-state index in [2.05, 4.69) is 20.3 Å². The number of carbonyl (C=O) groups excluding carboxylic acids is 2. The molecule has 0 radical (unpaired) electrons. The molecule has 0 aliphatic carbocycles. The van der Waals surface area contributed by atoms with Crippen LogP contribution in [0.5, 0.6) is 0 Å². The fourth-order valence-corrected chi connectivity index (χ4v) is 4.70. The lowest BCUT2D eigenvalue weighted by Gasteiger charge is -2.19. The van der Waals surface area contributed by atoms with Crippen LogP contribution in [0.25, 0.3) is 11.3 Å². The zero-order valence-electron chi connectivity index (χ0n) is 17.9. The molecule has 0 saturated carbocycles. The highest BCUT2D eigenvalue weighted by Crippen LogP contribution is 2.20. The molecule has 10 heteroatoms. The van der Waals surface area contributed by atoms with Crippen LogP contribution in [-0.2, 0) is 23.5 Å². The largest absolute Gasteiger partial charge is 0.349 e.